The molecule has 0 saturated carbocycles. The highest BCUT2D eigenvalue weighted by molar-refractivity contribution is 5.85. The van der Waals surface area contributed by atoms with E-state index >= 15 is 0 Å². The van der Waals surface area contributed by atoms with E-state index in [4.69, 9.17) is 0 Å². The Bertz CT molecular complexity index is 371. The molecule has 20 heavy (non-hydrogen) atoms. The van der Waals surface area contributed by atoms with Gasteiger partial charge in [0.1, 0.15) is 6.04 Å². The number of carbonyl (C=O) groups is 1. The van der Waals surface area contributed by atoms with Crippen molar-refractivity contribution in [2.75, 3.05) is 0 Å². The lowest BCUT2D eigenvalue weighted by Crippen LogP contribution is -2.52. The monoisotopic (exact) mass is 301 g/mol. The summed E-state index contributed by atoms with van der Waals surface area (Å²) in [6.07, 6.45) is 11.5. The molecule has 0 bridgehead atoms. The molecule has 0 radical (unpaired) electrons. The highest BCUT2D eigenvalue weighted by Crippen LogP contribution is 2.26. The van der Waals surface area contributed by atoms with Crippen molar-refractivity contribution in [3.63, 3.8) is 0 Å². The topological polar surface area (TPSA) is 49.3 Å². The first-order valence-corrected chi connectivity index (χ1v) is 7.13. The van der Waals surface area contributed by atoms with Gasteiger partial charge in [-0.25, -0.2) is 0 Å². The van der Waals surface area contributed by atoms with Gasteiger partial charge >= 0.3 is 5.97 Å². The van der Waals surface area contributed by atoms with E-state index < -0.39 is 12.0 Å². The molecule has 0 heterocycles. The number of nitrogens with one attached hydrogen (secondary N) is 1. The molecular weight excluding hydrogens is 274 g/mol. The number of carboxylic acids is 1. The largest absolute Gasteiger partial charge is 0.480 e. The van der Waals surface area contributed by atoms with E-state index in [1.807, 2.05) is 12.2 Å². The van der Waals surface area contributed by atoms with Crippen LogP contribution in [0.25, 0.3) is 0 Å². The van der Waals surface area contributed by atoms with Crippen molar-refractivity contribution < 1.29 is 9.90 Å². The highest BCUT2D eigenvalue weighted by atomic mass is 35.5. The Kier molecular flexibility index (Phi) is 7.53. The van der Waals surface area contributed by atoms with E-state index in [1.165, 1.54) is 0 Å². The van der Waals surface area contributed by atoms with E-state index in [9.17, 15) is 9.90 Å². The summed E-state index contributed by atoms with van der Waals surface area (Å²) >= 11 is 0. The van der Waals surface area contributed by atoms with Crippen molar-refractivity contribution in [3.05, 3.63) is 24.3 Å². The van der Waals surface area contributed by atoms with Crippen LogP contribution in [0.4, 0.5) is 0 Å². The fourth-order valence-corrected chi connectivity index (χ4v) is 2.32. The molecule has 3 nitrogen and oxygen atoms in total. The van der Waals surface area contributed by atoms with Crippen molar-refractivity contribution in [1.29, 1.82) is 0 Å². The van der Waals surface area contributed by atoms with Gasteiger partial charge < -0.3 is 5.11 Å². The molecule has 0 amide bonds. The number of rotatable bonds is 6. The number of carboxylic acid groups (broad SMARTS) is 1. The fourth-order valence-electron chi connectivity index (χ4n) is 2.32. The molecule has 1 rings (SSSR count). The van der Waals surface area contributed by atoms with Crippen LogP contribution in [0.5, 0.6) is 0 Å². The molecule has 1 aliphatic rings. The van der Waals surface area contributed by atoms with Crippen LogP contribution in [0.2, 0.25) is 0 Å². The molecule has 4 heteroatoms. The maximum absolute atomic E-state index is 11.4. The van der Waals surface area contributed by atoms with Gasteiger partial charge in [0.05, 0.1) is 0 Å². The van der Waals surface area contributed by atoms with Gasteiger partial charge in [0.25, 0.3) is 0 Å². The Balaban J connectivity index is 0.00000361. The van der Waals surface area contributed by atoms with Crippen molar-refractivity contribution in [2.24, 2.45) is 5.41 Å². The van der Waals surface area contributed by atoms with Gasteiger partial charge in [-0.2, -0.15) is 0 Å². The van der Waals surface area contributed by atoms with Crippen molar-refractivity contribution >= 4 is 18.4 Å². The highest BCUT2D eigenvalue weighted by Gasteiger charge is 2.31. The first kappa shape index (κ1) is 19.2. The number of hydrogen-bond acceptors (Lipinski definition) is 2. The summed E-state index contributed by atoms with van der Waals surface area (Å²) < 4.78 is 0. The van der Waals surface area contributed by atoms with Crippen LogP contribution >= 0.6 is 12.4 Å². The molecule has 1 unspecified atom stereocenters. The smallest absolute Gasteiger partial charge is 0.320 e. The second kappa shape index (κ2) is 7.84. The molecule has 0 aromatic heterocycles. The van der Waals surface area contributed by atoms with Gasteiger partial charge in [-0.05, 0) is 31.1 Å². The molecule has 0 aromatic carbocycles. The van der Waals surface area contributed by atoms with Crippen LogP contribution in [0, 0.1) is 5.41 Å². The first-order valence-electron chi connectivity index (χ1n) is 7.13. The van der Waals surface area contributed by atoms with Crippen LogP contribution in [0.15, 0.2) is 24.3 Å². The van der Waals surface area contributed by atoms with Crippen molar-refractivity contribution in [2.45, 2.75) is 65.0 Å². The minimum atomic E-state index is -0.750. The summed E-state index contributed by atoms with van der Waals surface area (Å²) in [5.74, 6) is -0.750. The quantitative estimate of drug-likeness (QED) is 0.781. The van der Waals surface area contributed by atoms with Crippen LogP contribution < -0.4 is 5.32 Å². The van der Waals surface area contributed by atoms with Crippen LogP contribution in [0.3, 0.4) is 0 Å². The summed E-state index contributed by atoms with van der Waals surface area (Å²) in [5.41, 5.74) is -0.0350. The SMILES string of the molecule is CC[C@]1(NC(CCC(C)(C)C)C(=O)O)C=CC=CC1.Cl. The lowest BCUT2D eigenvalue weighted by molar-refractivity contribution is -0.140. The van der Waals surface area contributed by atoms with Gasteiger partial charge in [-0.3, -0.25) is 10.1 Å². The maximum Gasteiger partial charge on any atom is 0.320 e. The zero-order valence-corrected chi connectivity index (χ0v) is 13.8. The predicted octanol–water partition coefficient (Wildman–Crippen LogP) is 3.94. The molecule has 0 fully saturated rings. The van der Waals surface area contributed by atoms with Gasteiger partial charge in [-0.1, -0.05) is 52.0 Å². The van der Waals surface area contributed by atoms with Crippen molar-refractivity contribution in [3.8, 4) is 0 Å². The third-order valence-electron chi connectivity index (χ3n) is 3.72. The zero-order chi connectivity index (χ0) is 14.5. The molecular formula is C16H28ClNO2. The average molecular weight is 302 g/mol. The third-order valence-corrected chi connectivity index (χ3v) is 3.72. The van der Waals surface area contributed by atoms with Crippen molar-refractivity contribution in [1.82, 2.24) is 5.32 Å². The molecule has 0 aliphatic heterocycles. The number of allylic oxidation sites excluding steroid dienone is 2. The molecule has 2 atom stereocenters. The van der Waals surface area contributed by atoms with E-state index in [0.717, 1.165) is 19.3 Å². The average Bonchev–Trinajstić information content (AvgIpc) is 2.34. The Morgan fingerprint density at radius 2 is 2.05 bits per heavy atom. The fraction of sp³-hybridized carbons (Fsp3) is 0.688. The second-order valence-electron chi connectivity index (χ2n) is 6.64. The number of halogens is 1. The standard InChI is InChI=1S/C16H27NO2.ClH/c1-5-16(10-7-6-8-11-16)17-13(14(18)19)9-12-15(2,3)4;/h6-8,10,13,17H,5,9,11-12H2,1-4H3,(H,18,19);1H/t13?,16-;/m0./s1. The van der Waals surface area contributed by atoms with Crippen LogP contribution in [-0.4, -0.2) is 22.7 Å². The minimum absolute atomic E-state index is 0. The van der Waals surface area contributed by atoms with Crippen LogP contribution in [0.1, 0.15) is 53.4 Å². The molecule has 0 aromatic rings. The minimum Gasteiger partial charge on any atom is -0.480 e. The summed E-state index contributed by atoms with van der Waals surface area (Å²) in [7, 11) is 0. The third kappa shape index (κ3) is 6.10. The van der Waals surface area contributed by atoms with Gasteiger partial charge in [0, 0.05) is 5.54 Å². The Hall–Kier alpha value is -0.800. The Morgan fingerprint density at radius 3 is 2.45 bits per heavy atom. The summed E-state index contributed by atoms with van der Waals surface area (Å²) in [5, 5.41) is 12.8. The summed E-state index contributed by atoms with van der Waals surface area (Å²) in [6, 6.07) is -0.477. The molecule has 2 N–H and O–H groups in total. The van der Waals surface area contributed by atoms with E-state index in [-0.39, 0.29) is 23.4 Å². The lowest BCUT2D eigenvalue weighted by atomic mass is 9.85. The Labute approximate surface area is 128 Å². The second-order valence-corrected chi connectivity index (χ2v) is 6.64. The van der Waals surface area contributed by atoms with Gasteiger partial charge in [0.15, 0.2) is 0 Å². The first-order chi connectivity index (χ1) is 8.78. The predicted molar refractivity (Wildman–Crippen MR) is 86.4 cm³/mol. The number of aliphatic carboxylic acids is 1. The van der Waals surface area contributed by atoms with E-state index in [2.05, 4.69) is 45.2 Å². The van der Waals surface area contributed by atoms with Gasteiger partial charge in [0.2, 0.25) is 0 Å². The van der Waals surface area contributed by atoms with Crippen LogP contribution in [-0.2, 0) is 4.79 Å². The van der Waals surface area contributed by atoms with E-state index in [0.29, 0.717) is 6.42 Å². The number of hydrogen-bond donors (Lipinski definition) is 2. The zero-order valence-electron chi connectivity index (χ0n) is 13.0. The normalized spacial score (nSPS) is 23.2. The molecule has 116 valence electrons. The lowest BCUT2D eigenvalue weighted by Gasteiger charge is -2.35. The summed E-state index contributed by atoms with van der Waals surface area (Å²) in [4.78, 5) is 11.4. The molecule has 1 aliphatic carbocycles. The van der Waals surface area contributed by atoms with E-state index in [1.54, 1.807) is 0 Å². The molecule has 0 saturated heterocycles. The molecule has 0 spiro atoms. The summed E-state index contributed by atoms with van der Waals surface area (Å²) in [6.45, 7) is 8.53. The maximum atomic E-state index is 11.4. The Morgan fingerprint density at radius 1 is 1.40 bits per heavy atom. The van der Waals surface area contributed by atoms with Gasteiger partial charge in [-0.15, -0.1) is 12.4 Å².